The Morgan fingerprint density at radius 2 is 1.97 bits per heavy atom. The van der Waals surface area contributed by atoms with E-state index in [0.717, 1.165) is 29.7 Å². The second-order valence-electron chi connectivity index (χ2n) is 7.10. The van der Waals surface area contributed by atoms with Crippen LogP contribution < -0.4 is 5.56 Å². The molecule has 7 nitrogen and oxygen atoms in total. The minimum Gasteiger partial charge on any atom is -0.269 e. The molecule has 1 aromatic carbocycles. The van der Waals surface area contributed by atoms with Gasteiger partial charge in [0.05, 0.1) is 0 Å². The first-order valence-corrected chi connectivity index (χ1v) is 9.29. The van der Waals surface area contributed by atoms with Gasteiger partial charge in [0.1, 0.15) is 24.3 Å². The number of halogens is 1. The number of aryl methyl sites for hydroxylation is 1. The Labute approximate surface area is 165 Å². The van der Waals surface area contributed by atoms with Crippen molar-refractivity contribution in [1.29, 1.82) is 0 Å². The van der Waals surface area contributed by atoms with Crippen molar-refractivity contribution in [3.63, 3.8) is 0 Å². The molecular weight excluding hydrogens is 371 g/mol. The number of hydrogen-bond acceptors (Lipinski definition) is 5. The van der Waals surface area contributed by atoms with E-state index in [1.165, 1.54) is 41.6 Å². The van der Waals surface area contributed by atoms with Crippen molar-refractivity contribution < 1.29 is 4.39 Å². The fourth-order valence-corrected chi connectivity index (χ4v) is 3.42. The van der Waals surface area contributed by atoms with Crippen LogP contribution in [-0.2, 0) is 7.05 Å². The lowest BCUT2D eigenvalue weighted by Gasteiger charge is -2.13. The third kappa shape index (κ3) is 3.22. The van der Waals surface area contributed by atoms with Crippen LogP contribution in [0.4, 0.5) is 4.39 Å². The van der Waals surface area contributed by atoms with E-state index in [4.69, 9.17) is 4.98 Å². The Bertz CT molecular complexity index is 1270. The van der Waals surface area contributed by atoms with E-state index in [1.54, 1.807) is 17.8 Å². The van der Waals surface area contributed by atoms with E-state index in [0.29, 0.717) is 23.1 Å². The van der Waals surface area contributed by atoms with Crippen LogP contribution in [0.2, 0.25) is 0 Å². The minimum absolute atomic E-state index is 0.209. The zero-order chi connectivity index (χ0) is 20.0. The summed E-state index contributed by atoms with van der Waals surface area (Å²) < 4.78 is 17.1. The molecule has 0 radical (unpaired) electrons. The highest BCUT2D eigenvalue weighted by Crippen LogP contribution is 2.41. The molecule has 144 valence electrons. The second-order valence-corrected chi connectivity index (χ2v) is 7.10. The maximum Gasteiger partial charge on any atom is 0.259 e. The van der Waals surface area contributed by atoms with Crippen molar-refractivity contribution in [2.45, 2.75) is 18.8 Å². The molecule has 0 bridgehead atoms. The van der Waals surface area contributed by atoms with Gasteiger partial charge in [-0.3, -0.25) is 9.36 Å². The molecule has 0 amide bonds. The molecule has 8 heteroatoms. The monoisotopic (exact) mass is 388 g/mol. The molecule has 0 aliphatic heterocycles. The van der Waals surface area contributed by atoms with E-state index >= 15 is 0 Å². The van der Waals surface area contributed by atoms with Crippen LogP contribution in [0.3, 0.4) is 0 Å². The summed E-state index contributed by atoms with van der Waals surface area (Å²) in [6.07, 6.45) is 6.48. The lowest BCUT2D eigenvalue weighted by Crippen LogP contribution is -2.18. The zero-order valence-electron chi connectivity index (χ0n) is 15.7. The summed E-state index contributed by atoms with van der Waals surface area (Å²) in [5.74, 6) is 1.08. The average molecular weight is 388 g/mol. The fraction of sp³-hybridized carbons (Fsp3) is 0.190. The van der Waals surface area contributed by atoms with Gasteiger partial charge in [0, 0.05) is 36.5 Å². The summed E-state index contributed by atoms with van der Waals surface area (Å²) in [6.45, 7) is 0. The summed E-state index contributed by atoms with van der Waals surface area (Å²) in [5, 5.41) is 4.11. The van der Waals surface area contributed by atoms with Crippen molar-refractivity contribution in [2.24, 2.45) is 7.05 Å². The van der Waals surface area contributed by atoms with Crippen molar-refractivity contribution in [3.8, 4) is 28.3 Å². The lowest BCUT2D eigenvalue weighted by atomic mass is 9.98. The molecule has 4 aromatic rings. The van der Waals surface area contributed by atoms with Crippen LogP contribution in [-0.4, -0.2) is 29.3 Å². The molecule has 1 aliphatic carbocycles. The molecule has 3 heterocycles. The van der Waals surface area contributed by atoms with Crippen molar-refractivity contribution >= 4 is 0 Å². The predicted molar refractivity (Wildman–Crippen MR) is 105 cm³/mol. The summed E-state index contributed by atoms with van der Waals surface area (Å²) in [4.78, 5) is 25.3. The maximum atomic E-state index is 14.1. The van der Waals surface area contributed by atoms with Gasteiger partial charge in [-0.25, -0.2) is 24.0 Å². The Kier molecular flexibility index (Phi) is 4.04. The van der Waals surface area contributed by atoms with Gasteiger partial charge in [0.25, 0.3) is 5.56 Å². The SMILES string of the molecule is Cn1ncnc1-c1cc(F)ccc1-c1cc(C2CC2)nc(-n2cnccc2=O)c1. The van der Waals surface area contributed by atoms with E-state index in [-0.39, 0.29) is 11.4 Å². The van der Waals surface area contributed by atoms with E-state index < -0.39 is 0 Å². The van der Waals surface area contributed by atoms with Gasteiger partial charge >= 0.3 is 0 Å². The maximum absolute atomic E-state index is 14.1. The first-order chi connectivity index (χ1) is 14.1. The van der Waals surface area contributed by atoms with Crippen LogP contribution >= 0.6 is 0 Å². The van der Waals surface area contributed by atoms with Gasteiger partial charge in [0.2, 0.25) is 0 Å². The molecule has 5 rings (SSSR count). The van der Waals surface area contributed by atoms with Crippen LogP contribution in [0.5, 0.6) is 0 Å². The molecule has 0 spiro atoms. The van der Waals surface area contributed by atoms with Crippen LogP contribution in [0.15, 0.2) is 60.0 Å². The highest BCUT2D eigenvalue weighted by Gasteiger charge is 2.27. The Morgan fingerprint density at radius 1 is 1.10 bits per heavy atom. The molecule has 3 aromatic heterocycles. The topological polar surface area (TPSA) is 78.5 Å². The van der Waals surface area contributed by atoms with Crippen LogP contribution in [0, 0.1) is 5.82 Å². The molecule has 0 saturated heterocycles. The van der Waals surface area contributed by atoms with Crippen molar-refractivity contribution in [1.82, 2.24) is 29.3 Å². The van der Waals surface area contributed by atoms with Crippen molar-refractivity contribution in [3.05, 3.63) is 77.1 Å². The van der Waals surface area contributed by atoms with Crippen molar-refractivity contribution in [2.75, 3.05) is 0 Å². The molecule has 1 saturated carbocycles. The van der Waals surface area contributed by atoms with Gasteiger partial charge in [-0.1, -0.05) is 6.07 Å². The standard InChI is InChI=1S/C21H17FN6O/c1-27-21(24-11-25-27)17-10-15(22)4-5-16(17)14-8-18(13-2-3-13)26-19(9-14)28-12-23-7-6-20(28)29/h4-13H,2-3H2,1H3. The molecule has 1 fully saturated rings. The summed E-state index contributed by atoms with van der Waals surface area (Å²) in [6, 6.07) is 9.82. The fourth-order valence-electron chi connectivity index (χ4n) is 3.42. The first-order valence-electron chi connectivity index (χ1n) is 9.29. The van der Waals surface area contributed by atoms with Gasteiger partial charge in [-0.15, -0.1) is 0 Å². The smallest absolute Gasteiger partial charge is 0.259 e. The van der Waals surface area contributed by atoms with E-state index in [1.807, 2.05) is 12.1 Å². The highest BCUT2D eigenvalue weighted by atomic mass is 19.1. The normalized spacial score (nSPS) is 13.6. The third-order valence-electron chi connectivity index (χ3n) is 5.04. The molecular formula is C21H17FN6O. The number of rotatable bonds is 4. The van der Waals surface area contributed by atoms with Crippen LogP contribution in [0.25, 0.3) is 28.3 Å². The number of aromatic nitrogens is 6. The quantitative estimate of drug-likeness (QED) is 0.537. The first kappa shape index (κ1) is 17.4. The molecule has 0 unspecified atom stereocenters. The highest BCUT2D eigenvalue weighted by molar-refractivity contribution is 5.81. The summed E-state index contributed by atoms with van der Waals surface area (Å²) in [5.41, 5.74) is 2.97. The number of pyridine rings is 1. The Hall–Kier alpha value is -3.68. The minimum atomic E-state index is -0.355. The number of nitrogens with zero attached hydrogens (tertiary/aromatic N) is 6. The van der Waals surface area contributed by atoms with Gasteiger partial charge < -0.3 is 0 Å². The Balaban J connectivity index is 1.74. The van der Waals surface area contributed by atoms with E-state index in [2.05, 4.69) is 15.1 Å². The molecule has 0 N–H and O–H groups in total. The summed E-state index contributed by atoms with van der Waals surface area (Å²) in [7, 11) is 1.76. The average Bonchev–Trinajstić information content (AvgIpc) is 3.49. The number of benzene rings is 1. The largest absolute Gasteiger partial charge is 0.269 e. The second kappa shape index (κ2) is 6.73. The zero-order valence-corrected chi connectivity index (χ0v) is 15.7. The molecule has 0 atom stereocenters. The number of hydrogen-bond donors (Lipinski definition) is 0. The van der Waals surface area contributed by atoms with Gasteiger partial charge in [-0.05, 0) is 48.2 Å². The lowest BCUT2D eigenvalue weighted by molar-refractivity contribution is 0.628. The van der Waals surface area contributed by atoms with E-state index in [9.17, 15) is 9.18 Å². The third-order valence-corrected chi connectivity index (χ3v) is 5.04. The predicted octanol–water partition coefficient (Wildman–Crippen LogP) is 3.11. The van der Waals surface area contributed by atoms with Gasteiger partial charge in [-0.2, -0.15) is 5.10 Å². The van der Waals surface area contributed by atoms with Crippen LogP contribution in [0.1, 0.15) is 24.5 Å². The molecule has 1 aliphatic rings. The van der Waals surface area contributed by atoms with Gasteiger partial charge in [0.15, 0.2) is 5.82 Å². The summed E-state index contributed by atoms with van der Waals surface area (Å²) >= 11 is 0. The Morgan fingerprint density at radius 3 is 2.69 bits per heavy atom. The molecule has 29 heavy (non-hydrogen) atoms.